The summed E-state index contributed by atoms with van der Waals surface area (Å²) >= 11 is 5.85. The Hall–Kier alpha value is -1.15. The van der Waals surface area contributed by atoms with E-state index >= 15 is 0 Å². The van der Waals surface area contributed by atoms with Crippen molar-refractivity contribution >= 4 is 27.5 Å². The highest BCUT2D eigenvalue weighted by atomic mass is 35.5. The highest BCUT2D eigenvalue weighted by Gasteiger charge is 2.26. The molecule has 1 aliphatic heterocycles. The molecule has 2 rings (SSSR count). The van der Waals surface area contributed by atoms with Gasteiger partial charge < -0.3 is 9.64 Å². The molecule has 1 aromatic carbocycles. The lowest BCUT2D eigenvalue weighted by atomic mass is 10.1. The van der Waals surface area contributed by atoms with Crippen molar-refractivity contribution < 1.29 is 17.9 Å². The van der Waals surface area contributed by atoms with E-state index in [0.29, 0.717) is 44.0 Å². The Bertz CT molecular complexity index is 649. The van der Waals surface area contributed by atoms with Crippen LogP contribution in [0, 0.1) is 0 Å². The highest BCUT2D eigenvalue weighted by molar-refractivity contribution is 7.89. The molecule has 0 N–H and O–H groups in total. The molecule has 1 fully saturated rings. The SMILES string of the molecule is COCCS(=O)(=O)N1CCCN(C(=O)Cc2ccc(Cl)cc2)CC1. The van der Waals surface area contributed by atoms with Crippen LogP contribution in [-0.4, -0.2) is 69.2 Å². The average molecular weight is 375 g/mol. The van der Waals surface area contributed by atoms with Crippen LogP contribution >= 0.6 is 11.6 Å². The molecule has 1 saturated heterocycles. The number of amides is 1. The van der Waals surface area contributed by atoms with Crippen molar-refractivity contribution in [2.75, 3.05) is 45.6 Å². The number of halogens is 1. The van der Waals surface area contributed by atoms with Gasteiger partial charge in [-0.3, -0.25) is 4.79 Å². The van der Waals surface area contributed by atoms with E-state index in [1.807, 2.05) is 12.1 Å². The first-order chi connectivity index (χ1) is 11.4. The van der Waals surface area contributed by atoms with Crippen molar-refractivity contribution in [1.82, 2.24) is 9.21 Å². The van der Waals surface area contributed by atoms with Crippen LogP contribution in [0.4, 0.5) is 0 Å². The van der Waals surface area contributed by atoms with Gasteiger partial charge in [0.05, 0.1) is 18.8 Å². The maximum atomic E-state index is 12.4. The number of nitrogens with zero attached hydrogens (tertiary/aromatic N) is 2. The molecule has 0 atom stereocenters. The molecule has 1 aliphatic rings. The minimum atomic E-state index is -3.33. The molecule has 0 bridgehead atoms. The van der Waals surface area contributed by atoms with Crippen LogP contribution in [0.25, 0.3) is 0 Å². The molecule has 1 aromatic rings. The highest BCUT2D eigenvalue weighted by Crippen LogP contribution is 2.13. The van der Waals surface area contributed by atoms with Gasteiger partial charge in [-0.1, -0.05) is 23.7 Å². The van der Waals surface area contributed by atoms with Crippen LogP contribution in [0.15, 0.2) is 24.3 Å². The molecule has 1 heterocycles. The van der Waals surface area contributed by atoms with E-state index in [1.54, 1.807) is 17.0 Å². The van der Waals surface area contributed by atoms with Crippen LogP contribution in [0.5, 0.6) is 0 Å². The number of methoxy groups -OCH3 is 1. The fourth-order valence-electron chi connectivity index (χ4n) is 2.63. The Kier molecular flexibility index (Phi) is 7.03. The largest absolute Gasteiger partial charge is 0.384 e. The lowest BCUT2D eigenvalue weighted by Gasteiger charge is -2.22. The van der Waals surface area contributed by atoms with E-state index in [1.165, 1.54) is 11.4 Å². The summed E-state index contributed by atoms with van der Waals surface area (Å²) in [6, 6.07) is 7.19. The monoisotopic (exact) mass is 374 g/mol. The zero-order chi connectivity index (χ0) is 17.6. The van der Waals surface area contributed by atoms with Gasteiger partial charge in [0.2, 0.25) is 15.9 Å². The second kappa shape index (κ2) is 8.80. The van der Waals surface area contributed by atoms with Gasteiger partial charge in [-0.2, -0.15) is 0 Å². The maximum Gasteiger partial charge on any atom is 0.227 e. The molecule has 0 aliphatic carbocycles. The van der Waals surface area contributed by atoms with Gasteiger partial charge in [0.25, 0.3) is 0 Å². The third kappa shape index (κ3) is 5.44. The molecule has 8 heteroatoms. The van der Waals surface area contributed by atoms with Gasteiger partial charge in [-0.15, -0.1) is 0 Å². The number of hydrogen-bond acceptors (Lipinski definition) is 4. The summed E-state index contributed by atoms with van der Waals surface area (Å²) in [5.41, 5.74) is 0.901. The Morgan fingerprint density at radius 1 is 1.17 bits per heavy atom. The standard InChI is InChI=1S/C16H23ClN2O4S/c1-23-11-12-24(21,22)19-8-2-7-18(9-10-19)16(20)13-14-3-5-15(17)6-4-14/h3-6H,2,7-13H2,1H3. The number of hydrogen-bond donors (Lipinski definition) is 0. The van der Waals surface area contributed by atoms with Crippen molar-refractivity contribution in [2.24, 2.45) is 0 Å². The summed E-state index contributed by atoms with van der Waals surface area (Å²) in [6.07, 6.45) is 0.937. The van der Waals surface area contributed by atoms with Crippen molar-refractivity contribution in [3.63, 3.8) is 0 Å². The minimum absolute atomic E-state index is 0.00784. The molecule has 0 saturated carbocycles. The Morgan fingerprint density at radius 2 is 1.88 bits per heavy atom. The molecule has 6 nitrogen and oxygen atoms in total. The fraction of sp³-hybridized carbons (Fsp3) is 0.562. The molecule has 1 amide bonds. The van der Waals surface area contributed by atoms with Crippen molar-refractivity contribution in [3.05, 3.63) is 34.9 Å². The number of rotatable bonds is 6. The summed E-state index contributed by atoms with van der Waals surface area (Å²) in [5, 5.41) is 0.637. The smallest absolute Gasteiger partial charge is 0.227 e. The lowest BCUT2D eigenvalue weighted by molar-refractivity contribution is -0.130. The zero-order valence-electron chi connectivity index (χ0n) is 13.8. The molecule has 0 spiro atoms. The van der Waals surface area contributed by atoms with Gasteiger partial charge in [-0.25, -0.2) is 12.7 Å². The zero-order valence-corrected chi connectivity index (χ0v) is 15.4. The Morgan fingerprint density at radius 3 is 2.54 bits per heavy atom. The van der Waals surface area contributed by atoms with Crippen molar-refractivity contribution in [1.29, 1.82) is 0 Å². The molecular weight excluding hydrogens is 352 g/mol. The second-order valence-corrected chi connectivity index (χ2v) is 8.27. The van der Waals surface area contributed by atoms with Gasteiger partial charge in [0.15, 0.2) is 0 Å². The number of sulfonamides is 1. The number of benzene rings is 1. The third-order valence-electron chi connectivity index (χ3n) is 4.01. The van der Waals surface area contributed by atoms with E-state index < -0.39 is 10.0 Å². The number of carbonyl (C=O) groups is 1. The fourth-order valence-corrected chi connectivity index (χ4v) is 4.16. The van der Waals surface area contributed by atoms with E-state index in [4.69, 9.17) is 16.3 Å². The predicted octanol–water partition coefficient (Wildman–Crippen LogP) is 1.39. The molecule has 0 radical (unpaired) electrons. The quantitative estimate of drug-likeness (QED) is 0.754. The molecule has 24 heavy (non-hydrogen) atoms. The normalized spacial score (nSPS) is 16.8. The summed E-state index contributed by atoms with van der Waals surface area (Å²) in [4.78, 5) is 14.2. The van der Waals surface area contributed by atoms with Crippen LogP contribution in [0.2, 0.25) is 5.02 Å². The third-order valence-corrected chi connectivity index (χ3v) is 6.10. The summed E-state index contributed by atoms with van der Waals surface area (Å²) in [5.74, 6) is -0.0177. The Balaban J connectivity index is 1.92. The number of carbonyl (C=O) groups excluding carboxylic acids is 1. The van der Waals surface area contributed by atoms with Gasteiger partial charge in [0, 0.05) is 38.3 Å². The number of ether oxygens (including phenoxy) is 1. The van der Waals surface area contributed by atoms with Crippen molar-refractivity contribution in [3.8, 4) is 0 Å². The summed E-state index contributed by atoms with van der Waals surface area (Å²) in [6.45, 7) is 1.94. The lowest BCUT2D eigenvalue weighted by Crippen LogP contribution is -2.39. The first-order valence-electron chi connectivity index (χ1n) is 7.91. The van der Waals surface area contributed by atoms with E-state index in [9.17, 15) is 13.2 Å². The first-order valence-corrected chi connectivity index (χ1v) is 9.90. The van der Waals surface area contributed by atoms with Gasteiger partial charge >= 0.3 is 0 Å². The van der Waals surface area contributed by atoms with Crippen LogP contribution in [-0.2, 0) is 26.0 Å². The second-order valence-electron chi connectivity index (χ2n) is 5.75. The van der Waals surface area contributed by atoms with E-state index in [-0.39, 0.29) is 18.3 Å². The van der Waals surface area contributed by atoms with E-state index in [2.05, 4.69) is 0 Å². The predicted molar refractivity (Wildman–Crippen MR) is 93.6 cm³/mol. The molecular formula is C16H23ClN2O4S. The van der Waals surface area contributed by atoms with Crippen LogP contribution in [0.1, 0.15) is 12.0 Å². The van der Waals surface area contributed by atoms with Crippen molar-refractivity contribution in [2.45, 2.75) is 12.8 Å². The minimum Gasteiger partial charge on any atom is -0.384 e. The summed E-state index contributed by atoms with van der Waals surface area (Å²) in [7, 11) is -1.84. The average Bonchev–Trinajstić information content (AvgIpc) is 2.82. The maximum absolute atomic E-state index is 12.4. The summed E-state index contributed by atoms with van der Waals surface area (Å²) < 4.78 is 30.8. The van der Waals surface area contributed by atoms with E-state index in [0.717, 1.165) is 5.56 Å². The van der Waals surface area contributed by atoms with Gasteiger partial charge in [-0.05, 0) is 24.1 Å². The van der Waals surface area contributed by atoms with Crippen LogP contribution < -0.4 is 0 Å². The molecule has 134 valence electrons. The molecule has 0 aromatic heterocycles. The van der Waals surface area contributed by atoms with Crippen LogP contribution in [0.3, 0.4) is 0 Å². The molecule has 0 unspecified atom stereocenters. The first kappa shape index (κ1) is 19.2. The topological polar surface area (TPSA) is 66.9 Å². The Labute approximate surface area is 148 Å². The van der Waals surface area contributed by atoms with Gasteiger partial charge in [0.1, 0.15) is 0 Å².